The van der Waals surface area contributed by atoms with Gasteiger partial charge in [-0.3, -0.25) is 14.4 Å². The lowest BCUT2D eigenvalue weighted by molar-refractivity contribution is -0.384. The maximum atomic E-state index is 12.6. The van der Waals surface area contributed by atoms with Crippen molar-refractivity contribution < 1.29 is 124 Å². The van der Waals surface area contributed by atoms with E-state index in [1.165, 1.54) is 86.0 Å². The molecule has 0 spiro atoms. The van der Waals surface area contributed by atoms with Gasteiger partial charge in [0.2, 0.25) is 0 Å². The van der Waals surface area contributed by atoms with Gasteiger partial charge in [0.1, 0.15) is 39.8 Å². The minimum atomic E-state index is -5.74. The fourth-order valence-corrected chi connectivity index (χ4v) is 18.7. The van der Waals surface area contributed by atoms with Crippen molar-refractivity contribution in [2.75, 3.05) is 97.6 Å². The normalized spacial score (nSPS) is 22.5. The number of para-hydroxylation sites is 1. The molecule has 0 aliphatic carbocycles. The molecule has 4 N–H and O–H groups in total. The number of alkyl halides is 6. The molecule has 0 unspecified atom stereocenters. The number of phenolic OH excluding ortho intramolecular Hbond substituents is 2. The molecule has 0 bridgehead atoms. The van der Waals surface area contributed by atoms with E-state index in [9.17, 15) is 92.3 Å². The van der Waals surface area contributed by atoms with Crippen LogP contribution >= 0.6 is 0 Å². The second-order valence-corrected chi connectivity index (χ2v) is 51.4. The van der Waals surface area contributed by atoms with E-state index in [-0.39, 0.29) is 85.0 Å². The Labute approximate surface area is 840 Å². The van der Waals surface area contributed by atoms with Crippen LogP contribution in [0.3, 0.4) is 0 Å². The highest BCUT2D eigenvalue weighted by molar-refractivity contribution is 7.93. The SMILES string of the molecule is CN(c1ccccc1)S(=O)(=O)C(F)(F)F.COC(=O)c1cccc([C@]2(C)CCN(C(=O)OC(C)(C)C)C[C@@H]2C)c1.COC(=O)c1cccc([C@]2(C)CCNC[C@@H]2C)c1.C[C@H]1CN(C(=O)OC(C)(C)C)CC[C@@]1(C)c1cccc(O)c1.C[C@H]1CN(C(=O)OC(C)(C)C)CC[C@@]1(C)c1cccc(OS(=O)(=O)C(F)(F)F)c1.C[C@H]1CNCC[C@@]1(C)c1cccc(O)c1.C[Si](C)(C)CCOC(=O)Oc1ccc([N+](=O)[O-])cc1. The zero-order chi connectivity index (χ0) is 108. The summed E-state index contributed by atoms with van der Waals surface area (Å²) in [4.78, 5) is 86.8. The first kappa shape index (κ1) is 120. The van der Waals surface area contributed by atoms with Crippen molar-refractivity contribution in [3.8, 4) is 23.0 Å². The van der Waals surface area contributed by atoms with E-state index < -0.39 is 84.4 Å². The van der Waals surface area contributed by atoms with Gasteiger partial charge in [-0.15, -0.1) is 0 Å². The van der Waals surface area contributed by atoms with Crippen molar-refractivity contribution in [2.45, 2.75) is 244 Å². The number of rotatable bonds is 16. The molecular weight excluding hydrogens is 1920 g/mol. The summed E-state index contributed by atoms with van der Waals surface area (Å²) in [5, 5.41) is 36.5. The standard InChI is InChI=1S/C20H29NO4.C19H26F3NO5S.C18H27NO3.C15H21NO2.C13H19NO.C12H17NO5Si.C8H8F3NO2S/c1-14-13-21(18(23)25-19(2,3)4)11-10-20(14,5)16-9-7-8-15(12-16)17(22)24-6;1-13-12-23(16(24)27-17(2,3)4)10-9-18(13,5)14-7-6-8-15(11-14)28-29(25,26)19(20,21)22;1-13-12-19(16(21)22-17(2,3)4)10-9-18(13,5)14-7-6-8-15(20)11-14;1-11-10-16-8-7-15(11,2)13-6-4-5-12(9-13)14(17)18-3;1-10-9-14-7-6-13(10,2)11-4-3-5-12(15)8-11;1-19(2,3)9-8-17-12(14)18-11-6-4-10(5-7-11)13(15)16;1-12(7-5-3-2-4-6-7)15(13,14)8(9,10)11/h7-9,12,14H,10-11,13H2,1-6H3;6-8,11,13H,9-10,12H2,1-5H3;6-8,11,13,20H,9-10,12H2,1-5H3;4-6,9,11,16H,7-8,10H2,1-3H3;3-5,8,10,14-15H,6-7,9H2,1-2H3;4-7H,8-9H2,1-3H3;2-6H,1H3/t14-,20+;2*13-,18+;11-,15+;10-,13+;;/m00000../s1. The Kier molecular flexibility index (Phi) is 42.2. The first-order valence-corrected chi connectivity index (χ1v) is 54.2. The van der Waals surface area contributed by atoms with E-state index >= 15 is 0 Å². The average molecular weight is 2070 g/mol. The number of non-ortho nitro benzene ring substituents is 1. The van der Waals surface area contributed by atoms with E-state index in [1.54, 1.807) is 65.8 Å². The lowest BCUT2D eigenvalue weighted by Gasteiger charge is -2.45. The van der Waals surface area contributed by atoms with Crippen molar-refractivity contribution in [1.29, 1.82) is 0 Å². The Balaban J connectivity index is 0.000000258. The highest BCUT2D eigenvalue weighted by Gasteiger charge is 2.51. The van der Waals surface area contributed by atoms with Crippen LogP contribution in [0, 0.1) is 39.7 Å². The number of nitro groups is 1. The maximum Gasteiger partial charge on any atom is 0.534 e. The number of phenols is 2. The summed E-state index contributed by atoms with van der Waals surface area (Å²) in [6.07, 6.45) is 2.74. The van der Waals surface area contributed by atoms with Gasteiger partial charge in [0.25, 0.3) is 5.69 Å². The molecule has 10 atom stereocenters. The molecule has 5 aliphatic heterocycles. The second-order valence-electron chi connectivity index (χ2n) is 42.3. The van der Waals surface area contributed by atoms with Crippen molar-refractivity contribution in [2.24, 2.45) is 29.6 Å². The van der Waals surface area contributed by atoms with Gasteiger partial charge in [-0.25, -0.2) is 28.8 Å². The number of methoxy groups -OCH3 is 2. The van der Waals surface area contributed by atoms with Gasteiger partial charge in [-0.2, -0.15) is 43.2 Å². The number of ether oxygens (including phenoxy) is 7. The highest BCUT2D eigenvalue weighted by Crippen LogP contribution is 2.46. The molecule has 3 amide bonds. The fourth-order valence-electron chi connectivity index (χ4n) is 16.8. The third-order valence-electron chi connectivity index (χ3n) is 27.1. The van der Waals surface area contributed by atoms with Crippen LogP contribution in [0.2, 0.25) is 25.7 Å². The monoisotopic (exact) mass is 2060 g/mol. The zero-order valence-corrected chi connectivity index (χ0v) is 89.7. The summed E-state index contributed by atoms with van der Waals surface area (Å²) in [6.45, 7) is 52.8. The van der Waals surface area contributed by atoms with Gasteiger partial charge in [0.05, 0.1) is 42.6 Å². The van der Waals surface area contributed by atoms with Crippen LogP contribution in [-0.2, 0) is 75.6 Å². The molecule has 12 rings (SSSR count). The Morgan fingerprint density at radius 3 is 1.13 bits per heavy atom. The number of nitro benzene ring substituents is 1. The summed E-state index contributed by atoms with van der Waals surface area (Å²) < 4.78 is 159. The van der Waals surface area contributed by atoms with Gasteiger partial charge in [0, 0.05) is 66.5 Å². The number of hydrogen-bond donors (Lipinski definition) is 4. The van der Waals surface area contributed by atoms with Gasteiger partial charge < -0.3 is 72.9 Å². The highest BCUT2D eigenvalue weighted by atomic mass is 32.2. The summed E-state index contributed by atoms with van der Waals surface area (Å²) in [5.74, 6) is 1.53. The number of nitrogens with zero attached hydrogens (tertiary/aromatic N) is 5. The molecule has 0 radical (unpaired) electrons. The number of likely N-dealkylation sites (tertiary alicyclic amines) is 3. The van der Waals surface area contributed by atoms with Crippen LogP contribution in [0.25, 0.3) is 0 Å². The zero-order valence-electron chi connectivity index (χ0n) is 87.0. The number of aromatic hydroxyl groups is 2. The second kappa shape index (κ2) is 50.1. The largest absolute Gasteiger partial charge is 0.534 e. The number of hydrogen-bond acceptors (Lipinski definition) is 24. The van der Waals surface area contributed by atoms with Crippen LogP contribution in [0.1, 0.15) is 212 Å². The molecule has 0 saturated carbocycles. The molecule has 5 fully saturated rings. The van der Waals surface area contributed by atoms with Gasteiger partial charge in [0.15, 0.2) is 0 Å². The Morgan fingerprint density at radius 1 is 0.469 bits per heavy atom. The van der Waals surface area contributed by atoms with E-state index in [0.717, 1.165) is 82.1 Å². The number of carbonyl (C=O) groups excluding carboxylic acids is 6. The minimum absolute atomic E-state index is 0.0326. The number of sulfonamides is 1. The molecule has 5 aliphatic rings. The smallest absolute Gasteiger partial charge is 0.508 e. The fraction of sp³-hybridized carbons (Fsp3) is 0.543. The first-order valence-electron chi connectivity index (χ1n) is 47.6. The quantitative estimate of drug-likeness (QED) is 0.00803. The lowest BCUT2D eigenvalue weighted by atomic mass is 9.68. The van der Waals surface area contributed by atoms with Crippen molar-refractivity contribution >= 4 is 76.0 Å². The topological polar surface area (TPSA) is 365 Å². The van der Waals surface area contributed by atoms with E-state index in [2.05, 4.69) is 108 Å². The predicted octanol–water partition coefficient (Wildman–Crippen LogP) is 22.4. The summed E-state index contributed by atoms with van der Waals surface area (Å²) in [5.41, 5.74) is -6.18. The van der Waals surface area contributed by atoms with E-state index in [0.29, 0.717) is 92.3 Å². The van der Waals surface area contributed by atoms with Gasteiger partial charge in [-0.05, 0) is 296 Å². The number of esters is 2. The molecule has 38 heteroatoms. The Hall–Kier alpha value is -11.2. The molecule has 143 heavy (non-hydrogen) atoms. The van der Waals surface area contributed by atoms with Crippen LogP contribution in [-0.4, -0.2) is 212 Å². The average Bonchev–Trinajstić information content (AvgIpc) is 0.785. The van der Waals surface area contributed by atoms with E-state index in [1.807, 2.05) is 116 Å². The molecule has 29 nitrogen and oxygen atoms in total. The molecule has 7 aromatic rings. The summed E-state index contributed by atoms with van der Waals surface area (Å²) in [6, 6.07) is 49.4. The molecule has 5 saturated heterocycles. The minimum Gasteiger partial charge on any atom is -0.508 e. The van der Waals surface area contributed by atoms with Crippen molar-refractivity contribution in [3.63, 3.8) is 0 Å². The van der Waals surface area contributed by atoms with Crippen molar-refractivity contribution in [1.82, 2.24) is 25.3 Å². The van der Waals surface area contributed by atoms with Crippen LogP contribution in [0.5, 0.6) is 23.0 Å². The Bertz CT molecular complexity index is 5650. The third kappa shape index (κ3) is 34.8. The molecule has 7 aromatic carbocycles. The molecule has 792 valence electrons. The number of nitrogens with one attached hydrogen (secondary N) is 2. The number of halogens is 6. The number of piperidine rings is 5. The molecule has 5 heterocycles. The van der Waals surface area contributed by atoms with Crippen LogP contribution in [0.4, 0.5) is 56.9 Å². The maximum absolute atomic E-state index is 12.6. The van der Waals surface area contributed by atoms with Crippen molar-refractivity contribution in [3.05, 3.63) is 225 Å². The van der Waals surface area contributed by atoms with Gasteiger partial charge >= 0.3 is 67.5 Å². The number of carbonyl (C=O) groups is 6. The predicted molar refractivity (Wildman–Crippen MR) is 542 cm³/mol. The van der Waals surface area contributed by atoms with Gasteiger partial charge in [-0.1, -0.05) is 168 Å². The lowest BCUT2D eigenvalue weighted by Crippen LogP contribution is -2.50. The first-order chi connectivity index (χ1) is 66.0. The van der Waals surface area contributed by atoms with Crippen LogP contribution in [0.15, 0.2) is 176 Å². The molecular formula is C105H147F6N7O22S2Si. The molecule has 0 aromatic heterocycles. The summed E-state index contributed by atoms with van der Waals surface area (Å²) in [7, 11) is -8.61. The summed E-state index contributed by atoms with van der Waals surface area (Å²) >= 11 is 0. The van der Waals surface area contributed by atoms with Crippen LogP contribution < -0.4 is 23.9 Å². The van der Waals surface area contributed by atoms with E-state index in [4.69, 9.17) is 33.2 Å². The third-order valence-corrected chi connectivity index (χ3v) is 31.3. The number of anilines is 1. The number of benzene rings is 7. The number of amides is 3. The Morgan fingerprint density at radius 2 is 0.811 bits per heavy atom.